The van der Waals surface area contributed by atoms with E-state index < -0.39 is 0 Å². The molecule has 0 radical (unpaired) electrons. The number of nitrogens with one attached hydrogen (secondary N) is 2. The van der Waals surface area contributed by atoms with Crippen LogP contribution in [0.5, 0.6) is 0 Å². The number of hydrogen-bond donors (Lipinski definition) is 2. The van der Waals surface area contributed by atoms with E-state index in [2.05, 4.69) is 59.5 Å². The summed E-state index contributed by atoms with van der Waals surface area (Å²) in [7, 11) is 3.62. The molecule has 0 amide bonds. The molecule has 0 spiro atoms. The van der Waals surface area contributed by atoms with Crippen LogP contribution in [0.3, 0.4) is 0 Å². The molecule has 8 nitrogen and oxygen atoms in total. The van der Waals surface area contributed by atoms with Crippen molar-refractivity contribution >= 4 is 5.96 Å². The van der Waals surface area contributed by atoms with Crippen LogP contribution in [0.15, 0.2) is 54.0 Å². The SMILES string of the molecule is CN=C(NCCc1nccn1Cc1ccccc1)NCc1ncnn1C. The largest absolute Gasteiger partial charge is 0.356 e. The molecule has 1 aromatic carbocycles. The van der Waals surface area contributed by atoms with Crippen LogP contribution in [0.1, 0.15) is 17.2 Å². The number of imidazole rings is 1. The van der Waals surface area contributed by atoms with E-state index in [0.29, 0.717) is 6.54 Å². The average molecular weight is 352 g/mol. The molecule has 136 valence electrons. The van der Waals surface area contributed by atoms with Gasteiger partial charge in [0.15, 0.2) is 5.96 Å². The van der Waals surface area contributed by atoms with Gasteiger partial charge in [0.2, 0.25) is 0 Å². The summed E-state index contributed by atoms with van der Waals surface area (Å²) in [6, 6.07) is 10.4. The maximum Gasteiger partial charge on any atom is 0.191 e. The van der Waals surface area contributed by atoms with E-state index in [9.17, 15) is 0 Å². The maximum atomic E-state index is 4.47. The van der Waals surface area contributed by atoms with Crippen molar-refractivity contribution in [2.45, 2.75) is 19.5 Å². The standard InChI is InChI=1S/C18H24N8/c1-19-18(22-12-17-23-14-24-25(17)2)21-9-8-16-20-10-11-26(16)13-15-6-4-3-5-7-15/h3-7,10-11,14H,8-9,12-13H2,1-2H3,(H2,19,21,22). The van der Waals surface area contributed by atoms with Gasteiger partial charge >= 0.3 is 0 Å². The van der Waals surface area contributed by atoms with Crippen molar-refractivity contribution in [2.75, 3.05) is 13.6 Å². The topological polar surface area (TPSA) is 84.9 Å². The smallest absolute Gasteiger partial charge is 0.191 e. The molecule has 0 unspecified atom stereocenters. The molecule has 0 atom stereocenters. The van der Waals surface area contributed by atoms with E-state index in [1.165, 1.54) is 5.56 Å². The molecule has 26 heavy (non-hydrogen) atoms. The Bertz CT molecular complexity index is 834. The van der Waals surface area contributed by atoms with E-state index in [1.807, 2.05) is 25.5 Å². The van der Waals surface area contributed by atoms with Gasteiger partial charge < -0.3 is 15.2 Å². The van der Waals surface area contributed by atoms with Crippen molar-refractivity contribution in [1.29, 1.82) is 0 Å². The lowest BCUT2D eigenvalue weighted by atomic mass is 10.2. The van der Waals surface area contributed by atoms with Gasteiger partial charge in [0.25, 0.3) is 0 Å². The minimum absolute atomic E-state index is 0.568. The lowest BCUT2D eigenvalue weighted by Crippen LogP contribution is -2.38. The van der Waals surface area contributed by atoms with Crippen LogP contribution in [-0.2, 0) is 26.6 Å². The lowest BCUT2D eigenvalue weighted by molar-refractivity contribution is 0.665. The van der Waals surface area contributed by atoms with E-state index >= 15 is 0 Å². The molecule has 3 rings (SSSR count). The number of hydrogen-bond acceptors (Lipinski definition) is 4. The number of aromatic nitrogens is 5. The number of benzene rings is 1. The average Bonchev–Trinajstić information content (AvgIpc) is 3.28. The first kappa shape index (κ1) is 17.7. The number of aliphatic imine (C=N–C) groups is 1. The molecule has 0 aliphatic heterocycles. The predicted molar refractivity (Wildman–Crippen MR) is 101 cm³/mol. The molecular formula is C18H24N8. The molecular weight excluding hydrogens is 328 g/mol. The second-order valence-electron chi connectivity index (χ2n) is 5.86. The van der Waals surface area contributed by atoms with Gasteiger partial charge in [-0.2, -0.15) is 5.10 Å². The molecule has 2 N–H and O–H groups in total. The fraction of sp³-hybridized carbons (Fsp3) is 0.333. The van der Waals surface area contributed by atoms with E-state index in [1.54, 1.807) is 18.1 Å². The van der Waals surface area contributed by atoms with Crippen LogP contribution in [-0.4, -0.2) is 43.9 Å². The van der Waals surface area contributed by atoms with Crippen LogP contribution in [0.2, 0.25) is 0 Å². The summed E-state index contributed by atoms with van der Waals surface area (Å²) < 4.78 is 3.91. The molecule has 8 heteroatoms. The second-order valence-corrected chi connectivity index (χ2v) is 5.86. The summed E-state index contributed by atoms with van der Waals surface area (Å²) in [5, 5.41) is 10.6. The van der Waals surface area contributed by atoms with Crippen LogP contribution in [0, 0.1) is 0 Å². The van der Waals surface area contributed by atoms with E-state index in [0.717, 1.165) is 37.1 Å². The molecule has 0 saturated carbocycles. The van der Waals surface area contributed by atoms with Crippen LogP contribution >= 0.6 is 0 Å². The highest BCUT2D eigenvalue weighted by atomic mass is 15.3. The summed E-state index contributed by atoms with van der Waals surface area (Å²) in [6.07, 6.45) is 6.22. The third-order valence-corrected chi connectivity index (χ3v) is 4.08. The highest BCUT2D eigenvalue weighted by molar-refractivity contribution is 5.79. The van der Waals surface area contributed by atoms with Gasteiger partial charge in [-0.25, -0.2) is 9.97 Å². The Balaban J connectivity index is 1.48. The normalized spacial score (nSPS) is 11.5. The van der Waals surface area contributed by atoms with Gasteiger partial charge in [0, 0.05) is 46.0 Å². The lowest BCUT2D eigenvalue weighted by Gasteiger charge is -2.12. The van der Waals surface area contributed by atoms with Crippen molar-refractivity contribution in [3.63, 3.8) is 0 Å². The first-order valence-corrected chi connectivity index (χ1v) is 8.57. The second kappa shape index (κ2) is 8.80. The molecule has 3 aromatic rings. The zero-order valence-corrected chi connectivity index (χ0v) is 15.1. The van der Waals surface area contributed by atoms with Crippen molar-refractivity contribution in [3.8, 4) is 0 Å². The van der Waals surface area contributed by atoms with Gasteiger partial charge in [-0.15, -0.1) is 0 Å². The van der Waals surface area contributed by atoms with Gasteiger partial charge in [-0.05, 0) is 5.56 Å². The highest BCUT2D eigenvalue weighted by Crippen LogP contribution is 2.05. The van der Waals surface area contributed by atoms with Crippen molar-refractivity contribution < 1.29 is 0 Å². The summed E-state index contributed by atoms with van der Waals surface area (Å²) in [5.74, 6) is 2.63. The van der Waals surface area contributed by atoms with Crippen LogP contribution in [0.25, 0.3) is 0 Å². The van der Waals surface area contributed by atoms with E-state index in [4.69, 9.17) is 0 Å². The van der Waals surface area contributed by atoms with Gasteiger partial charge in [-0.3, -0.25) is 9.67 Å². The Hall–Kier alpha value is -3.16. The zero-order chi connectivity index (χ0) is 18.2. The van der Waals surface area contributed by atoms with Crippen molar-refractivity contribution in [2.24, 2.45) is 12.0 Å². The molecule has 2 aromatic heterocycles. The van der Waals surface area contributed by atoms with Gasteiger partial charge in [0.05, 0.1) is 6.54 Å². The maximum absolute atomic E-state index is 4.47. The summed E-state index contributed by atoms with van der Waals surface area (Å²) in [6.45, 7) is 2.14. The third-order valence-electron chi connectivity index (χ3n) is 4.08. The van der Waals surface area contributed by atoms with Crippen LogP contribution < -0.4 is 10.6 Å². The van der Waals surface area contributed by atoms with Crippen molar-refractivity contribution in [1.82, 2.24) is 34.9 Å². The number of rotatable bonds is 7. The zero-order valence-electron chi connectivity index (χ0n) is 15.1. The summed E-state index contributed by atoms with van der Waals surface area (Å²) >= 11 is 0. The molecule has 2 heterocycles. The first-order valence-electron chi connectivity index (χ1n) is 8.57. The van der Waals surface area contributed by atoms with Crippen molar-refractivity contribution in [3.05, 3.63) is 66.3 Å². The minimum atomic E-state index is 0.568. The summed E-state index contributed by atoms with van der Waals surface area (Å²) in [4.78, 5) is 12.9. The van der Waals surface area contributed by atoms with Crippen LogP contribution in [0.4, 0.5) is 0 Å². The molecule has 0 bridgehead atoms. The Kier molecular flexibility index (Phi) is 5.97. The quantitative estimate of drug-likeness (QED) is 0.489. The Morgan fingerprint density at radius 3 is 2.69 bits per heavy atom. The Morgan fingerprint density at radius 2 is 1.96 bits per heavy atom. The number of aryl methyl sites for hydroxylation is 1. The highest BCUT2D eigenvalue weighted by Gasteiger charge is 2.06. The Morgan fingerprint density at radius 1 is 1.12 bits per heavy atom. The first-order chi connectivity index (χ1) is 12.8. The van der Waals surface area contributed by atoms with Gasteiger partial charge in [0.1, 0.15) is 18.0 Å². The molecule has 0 saturated heterocycles. The molecule has 0 aliphatic carbocycles. The Labute approximate surface area is 153 Å². The van der Waals surface area contributed by atoms with Gasteiger partial charge in [-0.1, -0.05) is 30.3 Å². The monoisotopic (exact) mass is 352 g/mol. The third kappa shape index (κ3) is 4.69. The minimum Gasteiger partial charge on any atom is -0.356 e. The molecule has 0 fully saturated rings. The number of nitrogens with zero attached hydrogens (tertiary/aromatic N) is 6. The molecule has 0 aliphatic rings. The predicted octanol–water partition coefficient (Wildman–Crippen LogP) is 0.968. The summed E-state index contributed by atoms with van der Waals surface area (Å²) in [5.41, 5.74) is 1.26. The fourth-order valence-electron chi connectivity index (χ4n) is 2.65. The van der Waals surface area contributed by atoms with E-state index in [-0.39, 0.29) is 0 Å². The fourth-order valence-corrected chi connectivity index (χ4v) is 2.65. The number of guanidine groups is 1.